The molecule has 0 spiro atoms. The Balaban J connectivity index is 1.53. The molecule has 1 aliphatic heterocycles. The Morgan fingerprint density at radius 1 is 1.17 bits per heavy atom. The van der Waals surface area contributed by atoms with Crippen LogP contribution in [0.4, 0.5) is 11.4 Å². The van der Waals surface area contributed by atoms with E-state index in [0.717, 1.165) is 22.2 Å². The predicted molar refractivity (Wildman–Crippen MR) is 114 cm³/mol. The van der Waals surface area contributed by atoms with E-state index in [9.17, 15) is 14.4 Å². The number of aromatic amines is 1. The van der Waals surface area contributed by atoms with Crippen molar-refractivity contribution in [2.24, 2.45) is 5.92 Å². The van der Waals surface area contributed by atoms with Crippen molar-refractivity contribution in [2.75, 3.05) is 16.8 Å². The smallest absolute Gasteiger partial charge is 0.251 e. The van der Waals surface area contributed by atoms with Gasteiger partial charge >= 0.3 is 0 Å². The number of aryl methyl sites for hydroxylation is 1. The maximum Gasteiger partial charge on any atom is 0.251 e. The van der Waals surface area contributed by atoms with E-state index < -0.39 is 5.92 Å². The van der Waals surface area contributed by atoms with Gasteiger partial charge in [0.2, 0.25) is 11.8 Å². The first-order valence-corrected chi connectivity index (χ1v) is 9.79. The third-order valence-electron chi connectivity index (χ3n) is 5.58. The van der Waals surface area contributed by atoms with Gasteiger partial charge in [-0.2, -0.15) is 0 Å². The van der Waals surface area contributed by atoms with Crippen LogP contribution in [0.2, 0.25) is 0 Å². The molecule has 1 aromatic heterocycles. The Morgan fingerprint density at radius 2 is 1.93 bits per heavy atom. The summed E-state index contributed by atoms with van der Waals surface area (Å²) in [5.41, 5.74) is 3.74. The van der Waals surface area contributed by atoms with E-state index in [-0.39, 0.29) is 23.8 Å². The lowest BCUT2D eigenvalue weighted by atomic mass is 10.0. The van der Waals surface area contributed by atoms with Gasteiger partial charge in [-0.25, -0.2) is 0 Å². The number of fused-ring (bicyclic) bond motifs is 1. The SMILES string of the molecule is CCc1c(C)c2ccc(NC(=O)C3CC(=O)N(c4ccccc4)C3)cc2[nH]c1=O. The molecule has 0 bridgehead atoms. The highest BCUT2D eigenvalue weighted by molar-refractivity contribution is 6.04. The Kier molecular flexibility index (Phi) is 4.92. The molecule has 1 saturated heterocycles. The molecule has 2 aromatic carbocycles. The number of benzene rings is 2. The van der Waals surface area contributed by atoms with E-state index in [4.69, 9.17) is 0 Å². The molecule has 6 nitrogen and oxygen atoms in total. The van der Waals surface area contributed by atoms with Crippen LogP contribution < -0.4 is 15.8 Å². The number of pyridine rings is 1. The van der Waals surface area contributed by atoms with Crippen LogP contribution in [0.3, 0.4) is 0 Å². The number of nitrogens with zero attached hydrogens (tertiary/aromatic N) is 1. The minimum atomic E-state index is -0.415. The Bertz CT molecular complexity index is 1150. The fourth-order valence-electron chi connectivity index (χ4n) is 3.99. The van der Waals surface area contributed by atoms with E-state index in [1.54, 1.807) is 11.0 Å². The standard InChI is InChI=1S/C23H23N3O3/c1-3-18-14(2)19-10-9-16(12-20(19)25-23(18)29)24-22(28)15-11-21(27)26(13-15)17-7-5-4-6-8-17/h4-10,12,15H,3,11,13H2,1-2H3,(H,24,28)(H,25,29). The number of H-pyrrole nitrogens is 1. The van der Waals surface area contributed by atoms with Crippen LogP contribution in [0, 0.1) is 12.8 Å². The second kappa shape index (κ2) is 7.54. The van der Waals surface area contributed by atoms with Crippen LogP contribution in [-0.2, 0) is 16.0 Å². The zero-order valence-electron chi connectivity index (χ0n) is 16.5. The van der Waals surface area contributed by atoms with Gasteiger partial charge < -0.3 is 15.2 Å². The second-order valence-electron chi connectivity index (χ2n) is 7.40. The summed E-state index contributed by atoms with van der Waals surface area (Å²) < 4.78 is 0. The van der Waals surface area contributed by atoms with Crippen molar-refractivity contribution in [1.29, 1.82) is 0 Å². The van der Waals surface area contributed by atoms with Crippen LogP contribution >= 0.6 is 0 Å². The largest absolute Gasteiger partial charge is 0.326 e. The number of amides is 2. The van der Waals surface area contributed by atoms with Crippen molar-refractivity contribution >= 4 is 34.1 Å². The summed E-state index contributed by atoms with van der Waals surface area (Å²) in [6.07, 6.45) is 0.854. The number of hydrogen-bond donors (Lipinski definition) is 2. The molecule has 3 aromatic rings. The van der Waals surface area contributed by atoms with Crippen molar-refractivity contribution in [2.45, 2.75) is 26.7 Å². The molecular weight excluding hydrogens is 366 g/mol. The van der Waals surface area contributed by atoms with Crippen LogP contribution in [0.5, 0.6) is 0 Å². The van der Waals surface area contributed by atoms with Crippen molar-refractivity contribution in [3.63, 3.8) is 0 Å². The number of aromatic nitrogens is 1. The first kappa shape index (κ1) is 18.9. The van der Waals surface area contributed by atoms with Crippen LogP contribution in [0.25, 0.3) is 10.9 Å². The molecule has 29 heavy (non-hydrogen) atoms. The molecule has 0 radical (unpaired) electrons. The summed E-state index contributed by atoms with van der Waals surface area (Å²) in [5, 5.41) is 3.86. The third kappa shape index (κ3) is 3.53. The molecule has 2 heterocycles. The van der Waals surface area contributed by atoms with Gasteiger partial charge in [-0.05, 0) is 43.2 Å². The maximum atomic E-state index is 12.7. The summed E-state index contributed by atoms with van der Waals surface area (Å²) in [4.78, 5) is 41.9. The second-order valence-corrected chi connectivity index (χ2v) is 7.40. The van der Waals surface area contributed by atoms with Crippen molar-refractivity contribution < 1.29 is 9.59 Å². The lowest BCUT2D eigenvalue weighted by molar-refractivity contribution is -0.122. The normalized spacial score (nSPS) is 16.4. The van der Waals surface area contributed by atoms with E-state index in [2.05, 4.69) is 10.3 Å². The van der Waals surface area contributed by atoms with Gasteiger partial charge in [-0.1, -0.05) is 31.2 Å². The number of carbonyl (C=O) groups is 2. The lowest BCUT2D eigenvalue weighted by Gasteiger charge is -2.16. The molecule has 0 aliphatic carbocycles. The summed E-state index contributed by atoms with van der Waals surface area (Å²) in [6.45, 7) is 4.26. The van der Waals surface area contributed by atoms with Crippen molar-refractivity contribution in [3.8, 4) is 0 Å². The number of para-hydroxylation sites is 1. The molecule has 1 atom stereocenters. The van der Waals surface area contributed by atoms with E-state index in [1.807, 2.05) is 56.3 Å². The van der Waals surface area contributed by atoms with E-state index >= 15 is 0 Å². The number of rotatable bonds is 4. The summed E-state index contributed by atoms with van der Waals surface area (Å²) in [7, 11) is 0. The number of carbonyl (C=O) groups excluding carboxylic acids is 2. The quantitative estimate of drug-likeness (QED) is 0.718. The Morgan fingerprint density at radius 3 is 2.66 bits per heavy atom. The number of anilines is 2. The van der Waals surface area contributed by atoms with E-state index in [0.29, 0.717) is 24.2 Å². The molecule has 2 N–H and O–H groups in total. The highest BCUT2D eigenvalue weighted by Crippen LogP contribution is 2.27. The minimum absolute atomic E-state index is 0.0538. The maximum absolute atomic E-state index is 12.7. The number of hydrogen-bond acceptors (Lipinski definition) is 3. The molecule has 0 saturated carbocycles. The van der Waals surface area contributed by atoms with Gasteiger partial charge in [-0.3, -0.25) is 14.4 Å². The van der Waals surface area contributed by atoms with Crippen LogP contribution in [-0.4, -0.2) is 23.3 Å². The molecular formula is C23H23N3O3. The van der Waals surface area contributed by atoms with Gasteiger partial charge in [-0.15, -0.1) is 0 Å². The topological polar surface area (TPSA) is 82.3 Å². The third-order valence-corrected chi connectivity index (χ3v) is 5.58. The molecule has 2 amide bonds. The van der Waals surface area contributed by atoms with Gasteiger partial charge in [0, 0.05) is 35.3 Å². The van der Waals surface area contributed by atoms with Gasteiger partial charge in [0.1, 0.15) is 0 Å². The fraction of sp³-hybridized carbons (Fsp3) is 0.261. The molecule has 148 valence electrons. The van der Waals surface area contributed by atoms with Gasteiger partial charge in [0.25, 0.3) is 5.56 Å². The highest BCUT2D eigenvalue weighted by Gasteiger charge is 2.35. The summed E-state index contributed by atoms with van der Waals surface area (Å²) >= 11 is 0. The monoisotopic (exact) mass is 389 g/mol. The summed E-state index contributed by atoms with van der Waals surface area (Å²) in [6, 6.07) is 14.9. The fourth-order valence-corrected chi connectivity index (χ4v) is 3.99. The molecule has 1 unspecified atom stereocenters. The molecule has 1 fully saturated rings. The van der Waals surface area contributed by atoms with E-state index in [1.165, 1.54) is 0 Å². The Labute approximate surface area is 168 Å². The first-order valence-electron chi connectivity index (χ1n) is 9.79. The highest BCUT2D eigenvalue weighted by atomic mass is 16.2. The van der Waals surface area contributed by atoms with Gasteiger partial charge in [0.05, 0.1) is 11.4 Å². The molecule has 1 aliphatic rings. The van der Waals surface area contributed by atoms with Gasteiger partial charge in [0.15, 0.2) is 0 Å². The lowest BCUT2D eigenvalue weighted by Crippen LogP contribution is -2.28. The van der Waals surface area contributed by atoms with Crippen LogP contribution in [0.15, 0.2) is 53.3 Å². The number of nitrogens with one attached hydrogen (secondary N) is 2. The zero-order valence-corrected chi connectivity index (χ0v) is 16.5. The summed E-state index contributed by atoms with van der Waals surface area (Å²) in [5.74, 6) is -0.663. The minimum Gasteiger partial charge on any atom is -0.326 e. The Hall–Kier alpha value is -3.41. The van der Waals surface area contributed by atoms with Crippen molar-refractivity contribution in [1.82, 2.24) is 4.98 Å². The average Bonchev–Trinajstić information content (AvgIpc) is 3.10. The molecule has 6 heteroatoms. The first-order chi connectivity index (χ1) is 14.0. The molecule has 4 rings (SSSR count). The average molecular weight is 389 g/mol. The predicted octanol–water partition coefficient (Wildman–Crippen LogP) is 3.39. The zero-order chi connectivity index (χ0) is 20.5. The van der Waals surface area contributed by atoms with Crippen molar-refractivity contribution in [3.05, 3.63) is 70.0 Å². The van der Waals surface area contributed by atoms with Crippen LogP contribution in [0.1, 0.15) is 24.5 Å².